The number of aliphatic carboxylic acids is 1. The highest BCUT2D eigenvalue weighted by molar-refractivity contribution is 5.66. The van der Waals surface area contributed by atoms with Gasteiger partial charge in [0, 0.05) is 12.6 Å². The van der Waals surface area contributed by atoms with Crippen LogP contribution >= 0.6 is 0 Å². The number of carbonyl (C=O) groups is 1. The van der Waals surface area contributed by atoms with Crippen LogP contribution in [-0.4, -0.2) is 35.1 Å². The molecule has 0 spiro atoms. The molecule has 3 nitrogen and oxygen atoms in total. The first kappa shape index (κ1) is 12.4. The van der Waals surface area contributed by atoms with E-state index in [9.17, 15) is 4.79 Å². The fourth-order valence-electron chi connectivity index (χ4n) is 1.64. The largest absolute Gasteiger partial charge is 0.481 e. The van der Waals surface area contributed by atoms with Crippen LogP contribution in [-0.2, 0) is 4.79 Å². The molecule has 0 aliphatic heterocycles. The summed E-state index contributed by atoms with van der Waals surface area (Å²) in [7, 11) is 0. The maximum Gasteiger partial charge on any atom is 0.304 e. The van der Waals surface area contributed by atoms with Gasteiger partial charge in [0.25, 0.3) is 0 Å². The molecule has 0 aliphatic rings. The molecule has 0 radical (unpaired) electrons. The van der Waals surface area contributed by atoms with Crippen LogP contribution in [0.5, 0.6) is 0 Å². The number of rotatable bonds is 7. The molecule has 1 N–H and O–H groups in total. The zero-order valence-electron chi connectivity index (χ0n) is 8.92. The second-order valence-electron chi connectivity index (χ2n) is 3.24. The summed E-state index contributed by atoms with van der Waals surface area (Å²) in [5.41, 5.74) is 0. The molecule has 0 heterocycles. The third-order valence-electron chi connectivity index (χ3n) is 2.48. The summed E-state index contributed by atoms with van der Waals surface area (Å²) in [6, 6.07) is 0.546. The van der Waals surface area contributed by atoms with E-state index >= 15 is 0 Å². The number of hydrogen-bond donors (Lipinski definition) is 1. The first-order chi connectivity index (χ1) is 6.15. The van der Waals surface area contributed by atoms with Gasteiger partial charge < -0.3 is 10.0 Å². The molecule has 0 aromatic carbocycles. The fraction of sp³-hybridized carbons (Fsp3) is 0.900. The third-order valence-corrected chi connectivity index (χ3v) is 2.48. The molecule has 0 bridgehead atoms. The summed E-state index contributed by atoms with van der Waals surface area (Å²) < 4.78 is 0. The predicted molar refractivity (Wildman–Crippen MR) is 53.9 cm³/mol. The van der Waals surface area contributed by atoms with Crippen LogP contribution in [0, 0.1) is 0 Å². The Labute approximate surface area is 80.7 Å². The van der Waals surface area contributed by atoms with E-state index in [0.29, 0.717) is 12.6 Å². The van der Waals surface area contributed by atoms with Crippen molar-refractivity contribution in [2.75, 3.05) is 13.1 Å². The van der Waals surface area contributed by atoms with Crippen LogP contribution in [0.15, 0.2) is 0 Å². The van der Waals surface area contributed by atoms with Crippen molar-refractivity contribution in [3.05, 3.63) is 0 Å². The second-order valence-corrected chi connectivity index (χ2v) is 3.24. The standard InChI is InChI=1S/C10H21NO2/c1-4-9(5-2)11(6-3)8-7-10(12)13/h9H,4-8H2,1-3H3,(H,12,13). The molecule has 0 amide bonds. The van der Waals surface area contributed by atoms with Gasteiger partial charge in [-0.25, -0.2) is 0 Å². The van der Waals surface area contributed by atoms with E-state index in [4.69, 9.17) is 5.11 Å². The van der Waals surface area contributed by atoms with E-state index in [1.54, 1.807) is 0 Å². The average Bonchev–Trinajstić information content (AvgIpc) is 2.11. The second kappa shape index (κ2) is 6.89. The van der Waals surface area contributed by atoms with E-state index in [1.807, 2.05) is 0 Å². The maximum absolute atomic E-state index is 10.4. The van der Waals surface area contributed by atoms with E-state index in [2.05, 4.69) is 25.7 Å². The minimum Gasteiger partial charge on any atom is -0.481 e. The molecule has 0 rings (SSSR count). The molecule has 0 aliphatic carbocycles. The highest BCUT2D eigenvalue weighted by Gasteiger charge is 2.13. The van der Waals surface area contributed by atoms with Crippen molar-refractivity contribution in [1.82, 2.24) is 4.90 Å². The van der Waals surface area contributed by atoms with E-state index in [-0.39, 0.29) is 6.42 Å². The highest BCUT2D eigenvalue weighted by atomic mass is 16.4. The topological polar surface area (TPSA) is 40.5 Å². The summed E-state index contributed by atoms with van der Waals surface area (Å²) in [6.07, 6.45) is 2.46. The average molecular weight is 187 g/mol. The fourth-order valence-corrected chi connectivity index (χ4v) is 1.64. The van der Waals surface area contributed by atoms with Crippen LogP contribution in [0.4, 0.5) is 0 Å². The van der Waals surface area contributed by atoms with Gasteiger partial charge in [0.05, 0.1) is 6.42 Å². The van der Waals surface area contributed by atoms with Gasteiger partial charge in [0.15, 0.2) is 0 Å². The third kappa shape index (κ3) is 4.88. The quantitative estimate of drug-likeness (QED) is 0.662. The van der Waals surface area contributed by atoms with Crippen molar-refractivity contribution in [2.45, 2.75) is 46.1 Å². The number of carboxylic acids is 1. The zero-order valence-corrected chi connectivity index (χ0v) is 8.92. The van der Waals surface area contributed by atoms with Gasteiger partial charge in [-0.15, -0.1) is 0 Å². The van der Waals surface area contributed by atoms with Crippen LogP contribution in [0.2, 0.25) is 0 Å². The smallest absolute Gasteiger partial charge is 0.304 e. The van der Waals surface area contributed by atoms with E-state index < -0.39 is 5.97 Å². The number of hydrogen-bond acceptors (Lipinski definition) is 2. The normalized spacial score (nSPS) is 11.2. The predicted octanol–water partition coefficient (Wildman–Crippen LogP) is 1.97. The van der Waals surface area contributed by atoms with Gasteiger partial charge in [-0.1, -0.05) is 20.8 Å². The van der Waals surface area contributed by atoms with Crippen molar-refractivity contribution < 1.29 is 9.90 Å². The Morgan fingerprint density at radius 2 is 1.85 bits per heavy atom. The van der Waals surface area contributed by atoms with Gasteiger partial charge in [-0.3, -0.25) is 4.79 Å². The zero-order chi connectivity index (χ0) is 10.3. The molecule has 0 unspecified atom stereocenters. The Bertz CT molecular complexity index is 144. The molecule has 13 heavy (non-hydrogen) atoms. The van der Waals surface area contributed by atoms with Crippen molar-refractivity contribution in [2.24, 2.45) is 0 Å². The molecular weight excluding hydrogens is 166 g/mol. The number of nitrogens with zero attached hydrogens (tertiary/aromatic N) is 1. The lowest BCUT2D eigenvalue weighted by molar-refractivity contribution is -0.137. The van der Waals surface area contributed by atoms with Gasteiger partial charge in [0.1, 0.15) is 0 Å². The Balaban J connectivity index is 3.92. The SMILES string of the molecule is CCC(CC)N(CC)CCC(=O)O. The van der Waals surface area contributed by atoms with Crippen molar-refractivity contribution in [1.29, 1.82) is 0 Å². The summed E-state index contributed by atoms with van der Waals surface area (Å²) >= 11 is 0. The summed E-state index contributed by atoms with van der Waals surface area (Å²) in [5, 5.41) is 8.56. The summed E-state index contributed by atoms with van der Waals surface area (Å²) in [5.74, 6) is -0.704. The molecule has 0 fully saturated rings. The van der Waals surface area contributed by atoms with Crippen LogP contribution < -0.4 is 0 Å². The number of carboxylic acid groups (broad SMARTS) is 1. The molecule has 0 aromatic heterocycles. The lowest BCUT2D eigenvalue weighted by Gasteiger charge is -2.28. The van der Waals surface area contributed by atoms with Crippen LogP contribution in [0.1, 0.15) is 40.0 Å². The van der Waals surface area contributed by atoms with Crippen molar-refractivity contribution in [3.63, 3.8) is 0 Å². The summed E-state index contributed by atoms with van der Waals surface area (Å²) in [4.78, 5) is 12.6. The monoisotopic (exact) mass is 187 g/mol. The first-order valence-corrected chi connectivity index (χ1v) is 5.11. The molecule has 0 aromatic rings. The Morgan fingerprint density at radius 3 is 2.15 bits per heavy atom. The minimum atomic E-state index is -0.704. The molecule has 3 heteroatoms. The van der Waals surface area contributed by atoms with Gasteiger partial charge >= 0.3 is 5.97 Å². The lowest BCUT2D eigenvalue weighted by atomic mass is 10.1. The molecular formula is C10H21NO2. The Hall–Kier alpha value is -0.570. The van der Waals surface area contributed by atoms with E-state index in [0.717, 1.165) is 19.4 Å². The van der Waals surface area contributed by atoms with Crippen LogP contribution in [0.25, 0.3) is 0 Å². The van der Waals surface area contributed by atoms with Crippen LogP contribution in [0.3, 0.4) is 0 Å². The molecule has 0 atom stereocenters. The Morgan fingerprint density at radius 1 is 1.31 bits per heavy atom. The minimum absolute atomic E-state index is 0.254. The highest BCUT2D eigenvalue weighted by Crippen LogP contribution is 2.08. The first-order valence-electron chi connectivity index (χ1n) is 5.11. The van der Waals surface area contributed by atoms with Crippen molar-refractivity contribution in [3.8, 4) is 0 Å². The van der Waals surface area contributed by atoms with Gasteiger partial charge in [-0.05, 0) is 19.4 Å². The van der Waals surface area contributed by atoms with Gasteiger partial charge in [-0.2, -0.15) is 0 Å². The molecule has 0 saturated heterocycles. The molecule has 0 saturated carbocycles. The van der Waals surface area contributed by atoms with Crippen molar-refractivity contribution >= 4 is 5.97 Å². The lowest BCUT2D eigenvalue weighted by Crippen LogP contribution is -2.35. The van der Waals surface area contributed by atoms with Gasteiger partial charge in [0.2, 0.25) is 0 Å². The Kier molecular flexibility index (Phi) is 6.59. The molecule has 78 valence electrons. The maximum atomic E-state index is 10.4. The van der Waals surface area contributed by atoms with E-state index in [1.165, 1.54) is 0 Å². The summed E-state index contributed by atoms with van der Waals surface area (Å²) in [6.45, 7) is 8.01.